The average molecular weight is 520 g/mol. The maximum absolute atomic E-state index is 13.1. The molecule has 4 heterocycles. The van der Waals surface area contributed by atoms with Gasteiger partial charge in [0.2, 0.25) is 0 Å². The highest BCUT2D eigenvalue weighted by Gasteiger charge is 2.17. The molecule has 4 aromatic rings. The van der Waals surface area contributed by atoms with Crippen molar-refractivity contribution in [3.8, 4) is 11.8 Å². The van der Waals surface area contributed by atoms with Gasteiger partial charge >= 0.3 is 0 Å². The number of amides is 1. The number of carbonyl (C=O) groups is 1. The predicted octanol–water partition coefficient (Wildman–Crippen LogP) is 4.13. The van der Waals surface area contributed by atoms with E-state index in [1.165, 1.54) is 11.1 Å². The second-order valence-electron chi connectivity index (χ2n) is 10.3. The molecule has 1 aliphatic heterocycles. The van der Waals surface area contributed by atoms with Crippen molar-refractivity contribution in [2.75, 3.05) is 44.3 Å². The van der Waals surface area contributed by atoms with Crippen LogP contribution in [0.5, 0.6) is 0 Å². The molecule has 1 fully saturated rings. The van der Waals surface area contributed by atoms with Crippen LogP contribution in [-0.2, 0) is 6.54 Å². The molecule has 0 spiro atoms. The molecular weight excluding hydrogens is 486 g/mol. The quantitative estimate of drug-likeness (QED) is 0.383. The van der Waals surface area contributed by atoms with Gasteiger partial charge in [0.05, 0.1) is 11.1 Å². The minimum absolute atomic E-state index is 0.225. The zero-order valence-electron chi connectivity index (χ0n) is 22.6. The van der Waals surface area contributed by atoms with Crippen LogP contribution in [0.15, 0.2) is 61.2 Å². The van der Waals surface area contributed by atoms with Crippen molar-refractivity contribution in [3.05, 3.63) is 89.0 Å². The smallest absolute Gasteiger partial charge is 0.257 e. The average Bonchev–Trinajstić information content (AvgIpc) is 2.95. The van der Waals surface area contributed by atoms with Gasteiger partial charge in [-0.2, -0.15) is 0 Å². The van der Waals surface area contributed by atoms with Gasteiger partial charge in [0.1, 0.15) is 11.3 Å². The molecule has 8 nitrogen and oxygen atoms in total. The number of nitrogens with zero attached hydrogens (tertiary/aromatic N) is 5. The van der Waals surface area contributed by atoms with Crippen LogP contribution >= 0.6 is 0 Å². The molecule has 0 aliphatic carbocycles. The Kier molecular flexibility index (Phi) is 7.82. The zero-order chi connectivity index (χ0) is 27.4. The van der Waals surface area contributed by atoms with Crippen molar-refractivity contribution in [2.45, 2.75) is 26.3 Å². The Morgan fingerprint density at radius 1 is 1.05 bits per heavy atom. The van der Waals surface area contributed by atoms with E-state index in [4.69, 9.17) is 5.73 Å². The van der Waals surface area contributed by atoms with Crippen molar-refractivity contribution in [1.29, 1.82) is 0 Å². The molecule has 3 aromatic heterocycles. The van der Waals surface area contributed by atoms with Crippen molar-refractivity contribution in [1.82, 2.24) is 24.8 Å². The lowest BCUT2D eigenvalue weighted by Gasteiger charge is -2.33. The number of hydrogen-bond donors (Lipinski definition) is 2. The van der Waals surface area contributed by atoms with E-state index in [1.807, 2.05) is 18.2 Å². The molecule has 8 heteroatoms. The number of aromatic nitrogens is 3. The molecule has 5 rings (SSSR count). The highest BCUT2D eigenvalue weighted by atomic mass is 16.1. The van der Waals surface area contributed by atoms with Crippen LogP contribution in [0.2, 0.25) is 0 Å². The molecule has 0 radical (unpaired) electrons. The summed E-state index contributed by atoms with van der Waals surface area (Å²) in [5, 5.41) is 3.87. The molecule has 0 bridgehead atoms. The van der Waals surface area contributed by atoms with Crippen LogP contribution in [-0.4, -0.2) is 63.9 Å². The molecule has 1 saturated heterocycles. The molecule has 0 saturated carbocycles. The molecule has 1 amide bonds. The summed E-state index contributed by atoms with van der Waals surface area (Å²) in [5.41, 5.74) is 11.7. The normalized spacial score (nSPS) is 14.3. The fourth-order valence-corrected chi connectivity index (χ4v) is 4.77. The van der Waals surface area contributed by atoms with E-state index in [2.05, 4.69) is 74.9 Å². The van der Waals surface area contributed by atoms with Crippen LogP contribution in [0.1, 0.15) is 52.4 Å². The van der Waals surface area contributed by atoms with Gasteiger partial charge in [0.15, 0.2) is 0 Å². The van der Waals surface area contributed by atoms with E-state index in [1.54, 1.807) is 30.9 Å². The number of fused-ring (bicyclic) bond motifs is 1. The number of benzene rings is 1. The van der Waals surface area contributed by atoms with Crippen LogP contribution in [0.25, 0.3) is 10.9 Å². The zero-order valence-corrected chi connectivity index (χ0v) is 22.6. The standard InChI is InChI=1S/C31H33N7O/c1-21(2)28-16-26(9-8-24(28)20-38-13-11-37(3)12-14-38)36-31(39)25-15-22(17-33-18-25)6-7-23-19-35-30(32)29-27(23)5-4-10-34-29/h4-5,8-10,15-19,21H,11-14,20H2,1-3H3,(H2,32,35)(H,36,39). The van der Waals surface area contributed by atoms with Gasteiger partial charge in [-0.1, -0.05) is 31.8 Å². The largest absolute Gasteiger partial charge is 0.382 e. The Morgan fingerprint density at radius 2 is 1.87 bits per heavy atom. The summed E-state index contributed by atoms with van der Waals surface area (Å²) in [5.74, 6) is 6.70. The fraction of sp³-hybridized carbons (Fsp3) is 0.290. The van der Waals surface area contributed by atoms with E-state index in [0.717, 1.165) is 43.8 Å². The third-order valence-electron chi connectivity index (χ3n) is 7.03. The van der Waals surface area contributed by atoms with E-state index in [-0.39, 0.29) is 5.91 Å². The molecule has 1 aromatic carbocycles. The summed E-state index contributed by atoms with van der Waals surface area (Å²) < 4.78 is 0. The third-order valence-corrected chi connectivity index (χ3v) is 7.03. The first-order chi connectivity index (χ1) is 18.9. The van der Waals surface area contributed by atoms with Crippen molar-refractivity contribution in [3.63, 3.8) is 0 Å². The Labute approximate surface area is 229 Å². The molecule has 0 atom stereocenters. The Hall–Kier alpha value is -4.32. The van der Waals surface area contributed by atoms with E-state index >= 15 is 0 Å². The number of carbonyl (C=O) groups excluding carboxylic acids is 1. The molecular formula is C31H33N7O. The van der Waals surface area contributed by atoms with Crippen molar-refractivity contribution < 1.29 is 4.79 Å². The summed E-state index contributed by atoms with van der Waals surface area (Å²) in [6, 6.07) is 11.7. The molecule has 1 aliphatic rings. The van der Waals surface area contributed by atoms with Gasteiger partial charge < -0.3 is 16.0 Å². The van der Waals surface area contributed by atoms with Crippen LogP contribution in [0, 0.1) is 11.8 Å². The Morgan fingerprint density at radius 3 is 2.67 bits per heavy atom. The summed E-state index contributed by atoms with van der Waals surface area (Å²) in [6.07, 6.45) is 6.50. The summed E-state index contributed by atoms with van der Waals surface area (Å²) in [7, 11) is 2.17. The number of anilines is 2. The predicted molar refractivity (Wildman–Crippen MR) is 155 cm³/mol. The van der Waals surface area contributed by atoms with Crippen molar-refractivity contribution >= 4 is 28.3 Å². The highest BCUT2D eigenvalue weighted by molar-refractivity contribution is 6.04. The van der Waals surface area contributed by atoms with Gasteiger partial charge in [-0.3, -0.25) is 19.7 Å². The number of pyridine rings is 3. The topological polar surface area (TPSA) is 100 Å². The summed E-state index contributed by atoms with van der Waals surface area (Å²) in [6.45, 7) is 9.63. The van der Waals surface area contributed by atoms with Crippen molar-refractivity contribution in [2.24, 2.45) is 0 Å². The number of likely N-dealkylation sites (N-methyl/N-ethyl adjacent to an activating group) is 1. The van der Waals surface area contributed by atoms with Gasteiger partial charge in [-0.05, 0) is 54.4 Å². The molecule has 39 heavy (non-hydrogen) atoms. The summed E-state index contributed by atoms with van der Waals surface area (Å²) in [4.78, 5) is 30.7. The van der Waals surface area contributed by atoms with Crippen LogP contribution in [0.4, 0.5) is 11.5 Å². The van der Waals surface area contributed by atoms with E-state index < -0.39 is 0 Å². The van der Waals surface area contributed by atoms with Gasteiger partial charge in [0.25, 0.3) is 5.91 Å². The SMILES string of the molecule is CC(C)c1cc(NC(=O)c2cncc(C#Cc3cnc(N)c4ncccc34)c2)ccc1CN1CCN(C)CC1. The minimum atomic E-state index is -0.225. The highest BCUT2D eigenvalue weighted by Crippen LogP contribution is 2.26. The summed E-state index contributed by atoms with van der Waals surface area (Å²) >= 11 is 0. The minimum Gasteiger partial charge on any atom is -0.382 e. The second kappa shape index (κ2) is 11.6. The van der Waals surface area contributed by atoms with Crippen LogP contribution < -0.4 is 11.1 Å². The lowest BCUT2D eigenvalue weighted by Crippen LogP contribution is -2.44. The molecule has 198 valence electrons. The fourth-order valence-electron chi connectivity index (χ4n) is 4.77. The number of rotatable bonds is 5. The van der Waals surface area contributed by atoms with Gasteiger partial charge in [0, 0.05) is 74.1 Å². The monoisotopic (exact) mass is 519 g/mol. The first-order valence-corrected chi connectivity index (χ1v) is 13.2. The Balaban J connectivity index is 1.32. The number of nitrogens with two attached hydrogens (primary N) is 1. The van der Waals surface area contributed by atoms with Gasteiger partial charge in [-0.25, -0.2) is 4.98 Å². The van der Waals surface area contributed by atoms with Gasteiger partial charge in [-0.15, -0.1) is 0 Å². The molecule has 0 unspecified atom stereocenters. The lowest BCUT2D eigenvalue weighted by atomic mass is 9.96. The first kappa shape index (κ1) is 26.3. The van der Waals surface area contributed by atoms with E-state index in [0.29, 0.717) is 33.9 Å². The number of hydrogen-bond acceptors (Lipinski definition) is 7. The number of nitrogen functional groups attached to an aromatic ring is 1. The number of nitrogens with one attached hydrogen (secondary N) is 1. The Bertz CT molecular complexity index is 1560. The van der Waals surface area contributed by atoms with E-state index in [9.17, 15) is 4.79 Å². The number of piperazine rings is 1. The molecule has 3 N–H and O–H groups in total. The third kappa shape index (κ3) is 6.23. The maximum atomic E-state index is 13.1. The second-order valence-corrected chi connectivity index (χ2v) is 10.3. The maximum Gasteiger partial charge on any atom is 0.257 e. The van der Waals surface area contributed by atoms with Crippen LogP contribution in [0.3, 0.4) is 0 Å². The first-order valence-electron chi connectivity index (χ1n) is 13.2. The lowest BCUT2D eigenvalue weighted by molar-refractivity contribution is 0.102.